The SMILES string of the molecule is O=C(Cc1cccs1)Nc1ccc(Nc2ccc(F)cc2)cc1. The lowest BCUT2D eigenvalue weighted by Gasteiger charge is -2.08. The van der Waals surface area contributed by atoms with Crippen molar-refractivity contribution in [2.45, 2.75) is 6.42 Å². The van der Waals surface area contributed by atoms with Crippen LogP contribution in [0.2, 0.25) is 0 Å². The van der Waals surface area contributed by atoms with Crippen LogP contribution in [0.3, 0.4) is 0 Å². The van der Waals surface area contributed by atoms with Crippen molar-refractivity contribution in [1.29, 1.82) is 0 Å². The molecule has 0 aliphatic carbocycles. The van der Waals surface area contributed by atoms with Gasteiger partial charge in [-0.1, -0.05) is 6.07 Å². The van der Waals surface area contributed by atoms with Crippen molar-refractivity contribution in [2.24, 2.45) is 0 Å². The number of rotatable bonds is 5. The topological polar surface area (TPSA) is 41.1 Å². The number of amides is 1. The summed E-state index contributed by atoms with van der Waals surface area (Å²) in [5, 5.41) is 8.00. The molecule has 2 aromatic carbocycles. The summed E-state index contributed by atoms with van der Waals surface area (Å²) < 4.78 is 12.9. The Bertz CT molecular complexity index is 768. The highest BCUT2D eigenvalue weighted by Crippen LogP contribution is 2.19. The number of benzene rings is 2. The van der Waals surface area contributed by atoms with Crippen LogP contribution in [0.1, 0.15) is 4.88 Å². The fourth-order valence-electron chi connectivity index (χ4n) is 2.11. The zero-order chi connectivity index (χ0) is 16.1. The second-order valence-electron chi connectivity index (χ2n) is 5.01. The summed E-state index contributed by atoms with van der Waals surface area (Å²) in [5.41, 5.74) is 2.42. The molecule has 0 radical (unpaired) electrons. The summed E-state index contributed by atoms with van der Waals surface area (Å²) in [4.78, 5) is 13.0. The lowest BCUT2D eigenvalue weighted by Crippen LogP contribution is -2.13. The van der Waals surface area contributed by atoms with Gasteiger partial charge in [0.25, 0.3) is 0 Å². The van der Waals surface area contributed by atoms with Crippen LogP contribution in [0.15, 0.2) is 66.0 Å². The first-order valence-electron chi connectivity index (χ1n) is 7.14. The van der Waals surface area contributed by atoms with Gasteiger partial charge in [0.15, 0.2) is 0 Å². The third-order valence-corrected chi connectivity index (χ3v) is 4.09. The normalized spacial score (nSPS) is 10.3. The van der Waals surface area contributed by atoms with Gasteiger partial charge in [-0.15, -0.1) is 11.3 Å². The molecule has 0 spiro atoms. The number of hydrogen-bond acceptors (Lipinski definition) is 3. The van der Waals surface area contributed by atoms with Gasteiger partial charge in [-0.05, 0) is 60.0 Å². The average molecular weight is 326 g/mol. The standard InChI is InChI=1S/C18H15FN2OS/c19-13-3-5-14(6-4-13)20-15-7-9-16(10-8-15)21-18(22)12-17-2-1-11-23-17/h1-11,20H,12H2,(H,21,22). The lowest BCUT2D eigenvalue weighted by atomic mass is 10.2. The molecule has 0 saturated carbocycles. The Labute approximate surface area is 137 Å². The van der Waals surface area contributed by atoms with Crippen LogP contribution in [0.4, 0.5) is 21.5 Å². The van der Waals surface area contributed by atoms with Crippen LogP contribution in [-0.2, 0) is 11.2 Å². The van der Waals surface area contributed by atoms with E-state index in [0.717, 1.165) is 21.9 Å². The van der Waals surface area contributed by atoms with E-state index in [4.69, 9.17) is 0 Å². The number of nitrogens with one attached hydrogen (secondary N) is 2. The second kappa shape index (κ2) is 7.07. The molecule has 0 unspecified atom stereocenters. The Morgan fingerprint density at radius 2 is 1.52 bits per heavy atom. The minimum Gasteiger partial charge on any atom is -0.356 e. The fourth-order valence-corrected chi connectivity index (χ4v) is 2.82. The molecule has 0 atom stereocenters. The smallest absolute Gasteiger partial charge is 0.229 e. The maximum absolute atomic E-state index is 12.9. The highest BCUT2D eigenvalue weighted by Gasteiger charge is 2.05. The Balaban J connectivity index is 1.58. The van der Waals surface area contributed by atoms with E-state index in [1.807, 2.05) is 41.8 Å². The van der Waals surface area contributed by atoms with Crippen LogP contribution >= 0.6 is 11.3 Å². The molecule has 0 fully saturated rings. The van der Waals surface area contributed by atoms with Crippen molar-refractivity contribution in [3.63, 3.8) is 0 Å². The molecule has 116 valence electrons. The van der Waals surface area contributed by atoms with E-state index in [0.29, 0.717) is 6.42 Å². The van der Waals surface area contributed by atoms with Gasteiger partial charge in [-0.3, -0.25) is 4.79 Å². The van der Waals surface area contributed by atoms with Crippen LogP contribution in [0, 0.1) is 5.82 Å². The lowest BCUT2D eigenvalue weighted by molar-refractivity contribution is -0.115. The number of carbonyl (C=O) groups excluding carboxylic acids is 1. The van der Waals surface area contributed by atoms with Gasteiger partial charge < -0.3 is 10.6 Å². The minimum absolute atomic E-state index is 0.0355. The van der Waals surface area contributed by atoms with Crippen molar-refractivity contribution in [3.8, 4) is 0 Å². The molecule has 0 aliphatic rings. The number of thiophene rings is 1. The predicted molar refractivity (Wildman–Crippen MR) is 92.8 cm³/mol. The van der Waals surface area contributed by atoms with Crippen LogP contribution < -0.4 is 10.6 Å². The summed E-state index contributed by atoms with van der Waals surface area (Å²) in [6.45, 7) is 0. The maximum atomic E-state index is 12.9. The zero-order valence-electron chi connectivity index (χ0n) is 12.3. The molecule has 3 rings (SSSR count). The van der Waals surface area contributed by atoms with E-state index in [1.54, 1.807) is 23.5 Å². The van der Waals surface area contributed by atoms with Gasteiger partial charge in [-0.2, -0.15) is 0 Å². The highest BCUT2D eigenvalue weighted by molar-refractivity contribution is 7.10. The summed E-state index contributed by atoms with van der Waals surface area (Å²) in [6, 6.07) is 17.4. The third kappa shape index (κ3) is 4.40. The Morgan fingerprint density at radius 3 is 2.13 bits per heavy atom. The molecule has 3 nitrogen and oxygen atoms in total. The first-order chi connectivity index (χ1) is 11.2. The number of anilines is 3. The predicted octanol–water partition coefficient (Wildman–Crippen LogP) is 4.81. The molecule has 0 bridgehead atoms. The van der Waals surface area contributed by atoms with Gasteiger partial charge in [0.1, 0.15) is 5.82 Å². The van der Waals surface area contributed by atoms with E-state index in [1.165, 1.54) is 12.1 Å². The van der Waals surface area contributed by atoms with E-state index in [2.05, 4.69) is 10.6 Å². The van der Waals surface area contributed by atoms with Gasteiger partial charge in [0.05, 0.1) is 6.42 Å². The molecule has 2 N–H and O–H groups in total. The van der Waals surface area contributed by atoms with Gasteiger partial charge in [0.2, 0.25) is 5.91 Å². The van der Waals surface area contributed by atoms with Crippen molar-refractivity contribution in [3.05, 3.63) is 76.7 Å². The zero-order valence-corrected chi connectivity index (χ0v) is 13.1. The summed E-state index contributed by atoms with van der Waals surface area (Å²) in [7, 11) is 0. The molecule has 1 aromatic heterocycles. The summed E-state index contributed by atoms with van der Waals surface area (Å²) in [6.07, 6.45) is 0.382. The van der Waals surface area contributed by atoms with Gasteiger partial charge in [-0.25, -0.2) is 4.39 Å². The first-order valence-corrected chi connectivity index (χ1v) is 8.02. The average Bonchev–Trinajstić information content (AvgIpc) is 3.04. The fraction of sp³-hybridized carbons (Fsp3) is 0.0556. The van der Waals surface area contributed by atoms with E-state index in [9.17, 15) is 9.18 Å². The number of carbonyl (C=O) groups is 1. The Kier molecular flexibility index (Phi) is 4.68. The molecule has 0 aliphatic heterocycles. The quantitative estimate of drug-likeness (QED) is 0.706. The Hall–Kier alpha value is -2.66. The molecular formula is C18H15FN2OS. The van der Waals surface area contributed by atoms with E-state index >= 15 is 0 Å². The van der Waals surface area contributed by atoms with Crippen molar-refractivity contribution in [1.82, 2.24) is 0 Å². The molecule has 1 amide bonds. The van der Waals surface area contributed by atoms with Crippen molar-refractivity contribution < 1.29 is 9.18 Å². The number of halogens is 1. The van der Waals surface area contributed by atoms with Crippen molar-refractivity contribution >= 4 is 34.3 Å². The van der Waals surface area contributed by atoms with Gasteiger partial charge in [0, 0.05) is 21.9 Å². The third-order valence-electron chi connectivity index (χ3n) is 3.22. The van der Waals surface area contributed by atoms with Crippen LogP contribution in [-0.4, -0.2) is 5.91 Å². The van der Waals surface area contributed by atoms with Crippen LogP contribution in [0.5, 0.6) is 0 Å². The van der Waals surface area contributed by atoms with Crippen LogP contribution in [0.25, 0.3) is 0 Å². The number of hydrogen-bond donors (Lipinski definition) is 2. The molecule has 23 heavy (non-hydrogen) atoms. The Morgan fingerprint density at radius 1 is 0.913 bits per heavy atom. The van der Waals surface area contributed by atoms with Crippen molar-refractivity contribution in [2.75, 3.05) is 10.6 Å². The summed E-state index contributed by atoms with van der Waals surface area (Å²) >= 11 is 1.57. The highest BCUT2D eigenvalue weighted by atomic mass is 32.1. The van der Waals surface area contributed by atoms with E-state index in [-0.39, 0.29) is 11.7 Å². The monoisotopic (exact) mass is 326 g/mol. The second-order valence-corrected chi connectivity index (χ2v) is 6.05. The summed E-state index contributed by atoms with van der Waals surface area (Å²) in [5.74, 6) is -0.300. The first kappa shape index (κ1) is 15.2. The molecule has 3 aromatic rings. The van der Waals surface area contributed by atoms with Gasteiger partial charge >= 0.3 is 0 Å². The molecule has 5 heteroatoms. The molecule has 0 saturated heterocycles. The molecular weight excluding hydrogens is 311 g/mol. The minimum atomic E-state index is -0.264. The largest absolute Gasteiger partial charge is 0.356 e. The van der Waals surface area contributed by atoms with E-state index < -0.39 is 0 Å². The maximum Gasteiger partial charge on any atom is 0.229 e. The molecule has 1 heterocycles.